The molecule has 0 spiro atoms. The van der Waals surface area contributed by atoms with Gasteiger partial charge in [0.25, 0.3) is 0 Å². The first-order chi connectivity index (χ1) is 10.4. The quantitative estimate of drug-likeness (QED) is 0.206. The molecule has 2 nitrogen and oxygen atoms in total. The minimum absolute atomic E-state index is 0.789. The van der Waals surface area contributed by atoms with Crippen molar-refractivity contribution in [2.24, 2.45) is 0 Å². The van der Waals surface area contributed by atoms with Crippen molar-refractivity contribution in [2.75, 3.05) is 6.54 Å². The molecule has 0 saturated carbocycles. The van der Waals surface area contributed by atoms with E-state index in [1.807, 2.05) is 0 Å². The fraction of sp³-hybridized carbons (Fsp3) is 0.842. The number of amides is 1. The minimum atomic E-state index is 0.789. The molecule has 0 fully saturated rings. The van der Waals surface area contributed by atoms with Gasteiger partial charge < -0.3 is 5.32 Å². The van der Waals surface area contributed by atoms with Gasteiger partial charge in [0.05, 0.1) is 0 Å². The molecular formula is C19H37NO. The minimum Gasteiger partial charge on any atom is -0.359 e. The molecule has 0 saturated heterocycles. The summed E-state index contributed by atoms with van der Waals surface area (Å²) in [6.45, 7) is 3.11. The third kappa shape index (κ3) is 19.2. The second-order valence-corrected chi connectivity index (χ2v) is 6.01. The van der Waals surface area contributed by atoms with Gasteiger partial charge in [0, 0.05) is 6.54 Å². The summed E-state index contributed by atoms with van der Waals surface area (Å²) in [5.74, 6) is 0. The third-order valence-corrected chi connectivity index (χ3v) is 3.92. The normalized spacial score (nSPS) is 11.1. The lowest BCUT2D eigenvalue weighted by atomic mass is 10.1. The summed E-state index contributed by atoms with van der Waals surface area (Å²) in [6, 6.07) is 0. The van der Waals surface area contributed by atoms with Gasteiger partial charge in [0.1, 0.15) is 0 Å². The third-order valence-electron chi connectivity index (χ3n) is 3.92. The monoisotopic (exact) mass is 295 g/mol. The van der Waals surface area contributed by atoms with Crippen molar-refractivity contribution in [2.45, 2.75) is 96.8 Å². The van der Waals surface area contributed by atoms with Crippen LogP contribution >= 0.6 is 0 Å². The lowest BCUT2D eigenvalue weighted by molar-refractivity contribution is -0.109. The predicted molar refractivity (Wildman–Crippen MR) is 93.5 cm³/mol. The van der Waals surface area contributed by atoms with E-state index in [2.05, 4.69) is 24.4 Å². The van der Waals surface area contributed by atoms with Crippen LogP contribution in [0, 0.1) is 0 Å². The second kappa shape index (κ2) is 19.2. The predicted octanol–water partition coefficient (Wildman–Crippen LogP) is 5.77. The van der Waals surface area contributed by atoms with E-state index in [4.69, 9.17) is 0 Å². The first-order valence-corrected chi connectivity index (χ1v) is 9.23. The number of unbranched alkanes of at least 4 members (excludes halogenated alkanes) is 12. The highest BCUT2D eigenvalue weighted by molar-refractivity contribution is 5.45. The number of carbonyl (C=O) groups excluding carboxylic acids is 1. The lowest BCUT2D eigenvalue weighted by Gasteiger charge is -2.00. The van der Waals surface area contributed by atoms with Gasteiger partial charge in [-0.15, -0.1) is 0 Å². The Morgan fingerprint density at radius 2 is 1.14 bits per heavy atom. The van der Waals surface area contributed by atoms with Crippen LogP contribution in [0.3, 0.4) is 0 Å². The highest BCUT2D eigenvalue weighted by Crippen LogP contribution is 2.09. The van der Waals surface area contributed by atoms with Crippen LogP contribution in [0.1, 0.15) is 96.8 Å². The summed E-state index contributed by atoms with van der Waals surface area (Å²) in [4.78, 5) is 10.0. The molecule has 0 aromatic heterocycles. The summed E-state index contributed by atoms with van der Waals surface area (Å²) in [5.41, 5.74) is 0. The fourth-order valence-electron chi connectivity index (χ4n) is 2.53. The molecule has 0 aliphatic rings. The van der Waals surface area contributed by atoms with E-state index in [0.717, 1.165) is 19.4 Å². The molecule has 1 amide bonds. The zero-order valence-corrected chi connectivity index (χ0v) is 14.2. The lowest BCUT2D eigenvalue weighted by Crippen LogP contribution is -2.11. The van der Waals surface area contributed by atoms with Gasteiger partial charge in [-0.2, -0.15) is 0 Å². The Labute approximate surface area is 132 Å². The van der Waals surface area contributed by atoms with Crippen molar-refractivity contribution in [1.82, 2.24) is 5.32 Å². The first kappa shape index (κ1) is 20.2. The van der Waals surface area contributed by atoms with Gasteiger partial charge in [-0.3, -0.25) is 4.79 Å². The molecule has 0 aromatic rings. The van der Waals surface area contributed by atoms with Crippen molar-refractivity contribution >= 4 is 6.41 Å². The van der Waals surface area contributed by atoms with Crippen LogP contribution in [0.4, 0.5) is 0 Å². The first-order valence-electron chi connectivity index (χ1n) is 9.23. The summed E-state index contributed by atoms with van der Waals surface area (Å²) in [7, 11) is 0. The van der Waals surface area contributed by atoms with E-state index < -0.39 is 0 Å². The molecule has 21 heavy (non-hydrogen) atoms. The van der Waals surface area contributed by atoms with E-state index in [1.54, 1.807) is 0 Å². The molecule has 0 rings (SSSR count). The molecule has 0 unspecified atom stereocenters. The Hall–Kier alpha value is -0.790. The molecule has 0 atom stereocenters. The maximum atomic E-state index is 10.0. The fourth-order valence-corrected chi connectivity index (χ4v) is 2.53. The standard InChI is InChI=1S/C19H37NO/c1-2-3-4-5-6-7-8-9-10-11-12-13-14-15-16-17-18-20-19-21/h9-10,19H,2-8,11-18H2,1H3,(H,20,21)/b10-9-. The van der Waals surface area contributed by atoms with Crippen LogP contribution in [-0.2, 0) is 4.79 Å². The molecule has 0 aliphatic heterocycles. The van der Waals surface area contributed by atoms with Crippen LogP contribution in [0.15, 0.2) is 12.2 Å². The van der Waals surface area contributed by atoms with Crippen molar-refractivity contribution in [3.05, 3.63) is 12.2 Å². The summed E-state index contributed by atoms with van der Waals surface area (Å²) in [5, 5.41) is 2.71. The van der Waals surface area contributed by atoms with Gasteiger partial charge in [0.2, 0.25) is 6.41 Å². The molecule has 0 aliphatic carbocycles. The summed E-state index contributed by atoms with van der Waals surface area (Å²) < 4.78 is 0. The zero-order valence-electron chi connectivity index (χ0n) is 14.2. The van der Waals surface area contributed by atoms with Crippen molar-refractivity contribution in [3.63, 3.8) is 0 Å². The number of allylic oxidation sites excluding steroid dienone is 2. The molecule has 0 radical (unpaired) electrons. The largest absolute Gasteiger partial charge is 0.359 e. The van der Waals surface area contributed by atoms with Gasteiger partial charge in [-0.1, -0.05) is 76.9 Å². The van der Waals surface area contributed by atoms with E-state index >= 15 is 0 Å². The van der Waals surface area contributed by atoms with Crippen LogP contribution in [-0.4, -0.2) is 13.0 Å². The number of hydrogen-bond acceptors (Lipinski definition) is 1. The Bertz CT molecular complexity index is 226. The van der Waals surface area contributed by atoms with Crippen LogP contribution in [0.5, 0.6) is 0 Å². The van der Waals surface area contributed by atoms with Gasteiger partial charge in [-0.05, 0) is 32.1 Å². The topological polar surface area (TPSA) is 29.1 Å². The number of hydrogen-bond donors (Lipinski definition) is 1. The SMILES string of the molecule is CCCCCCCC/C=C\CCCCCCCCNC=O. The average molecular weight is 296 g/mol. The van der Waals surface area contributed by atoms with Crippen molar-refractivity contribution in [3.8, 4) is 0 Å². The van der Waals surface area contributed by atoms with E-state index in [0.29, 0.717) is 0 Å². The number of carbonyl (C=O) groups is 1. The number of nitrogens with one attached hydrogen (secondary N) is 1. The van der Waals surface area contributed by atoms with Gasteiger partial charge in [-0.25, -0.2) is 0 Å². The molecular weight excluding hydrogens is 258 g/mol. The molecule has 0 bridgehead atoms. The van der Waals surface area contributed by atoms with E-state index in [1.165, 1.54) is 83.5 Å². The molecule has 2 heteroatoms. The molecule has 124 valence electrons. The van der Waals surface area contributed by atoms with E-state index in [-0.39, 0.29) is 0 Å². The highest BCUT2D eigenvalue weighted by atomic mass is 16.1. The van der Waals surface area contributed by atoms with Crippen LogP contribution < -0.4 is 5.32 Å². The van der Waals surface area contributed by atoms with Crippen LogP contribution in [0.25, 0.3) is 0 Å². The molecule has 0 aromatic carbocycles. The van der Waals surface area contributed by atoms with E-state index in [9.17, 15) is 4.79 Å². The maximum Gasteiger partial charge on any atom is 0.207 e. The molecule has 0 heterocycles. The second-order valence-electron chi connectivity index (χ2n) is 6.01. The number of rotatable bonds is 17. The Balaban J connectivity index is 3.03. The average Bonchev–Trinajstić information content (AvgIpc) is 2.50. The summed E-state index contributed by atoms with van der Waals surface area (Å²) in [6.07, 6.45) is 24.1. The Morgan fingerprint density at radius 1 is 0.667 bits per heavy atom. The van der Waals surface area contributed by atoms with Gasteiger partial charge >= 0.3 is 0 Å². The summed E-state index contributed by atoms with van der Waals surface area (Å²) >= 11 is 0. The van der Waals surface area contributed by atoms with Crippen LogP contribution in [0.2, 0.25) is 0 Å². The van der Waals surface area contributed by atoms with Crippen molar-refractivity contribution < 1.29 is 4.79 Å². The highest BCUT2D eigenvalue weighted by Gasteiger charge is 1.91. The zero-order chi connectivity index (χ0) is 15.4. The smallest absolute Gasteiger partial charge is 0.207 e. The maximum absolute atomic E-state index is 10.0. The Kier molecular flexibility index (Phi) is 18.5. The van der Waals surface area contributed by atoms with Crippen molar-refractivity contribution in [1.29, 1.82) is 0 Å². The Morgan fingerprint density at radius 3 is 1.67 bits per heavy atom. The molecule has 1 N–H and O–H groups in total. The van der Waals surface area contributed by atoms with Gasteiger partial charge in [0.15, 0.2) is 0 Å².